The minimum absolute atomic E-state index is 0.390. The van der Waals surface area contributed by atoms with Gasteiger partial charge in [-0.2, -0.15) is 0 Å². The van der Waals surface area contributed by atoms with Gasteiger partial charge in [0.1, 0.15) is 14.2 Å². The maximum Gasteiger partial charge on any atom is 0.129 e. The quantitative estimate of drug-likeness (QED) is 0.421. The zero-order chi connectivity index (χ0) is 11.0. The second-order valence-corrected chi connectivity index (χ2v) is 9.63. The van der Waals surface area contributed by atoms with Crippen molar-refractivity contribution in [2.75, 3.05) is 0 Å². The summed E-state index contributed by atoms with van der Waals surface area (Å²) in [6, 6.07) is 0. The standard InChI is InChI=1S/C12H24OSi/c1-5-6-7-8-9-12(13)10-11-14(2,3)4/h12-13H,5-9H2,1-4H3/t12-/m1/s1. The van der Waals surface area contributed by atoms with E-state index < -0.39 is 14.2 Å². The van der Waals surface area contributed by atoms with Crippen LogP contribution >= 0.6 is 0 Å². The van der Waals surface area contributed by atoms with Crippen LogP contribution < -0.4 is 0 Å². The highest BCUT2D eigenvalue weighted by Gasteiger charge is 2.08. The summed E-state index contributed by atoms with van der Waals surface area (Å²) < 4.78 is 0. The third-order valence-electron chi connectivity index (χ3n) is 1.94. The molecule has 0 rings (SSSR count). The van der Waals surface area contributed by atoms with Crippen LogP contribution in [0.3, 0.4) is 0 Å². The van der Waals surface area contributed by atoms with E-state index in [1.165, 1.54) is 19.3 Å². The SMILES string of the molecule is CCCCCC[C@@H](O)C#C[Si](C)(C)C. The molecule has 82 valence electrons. The Morgan fingerprint density at radius 3 is 2.29 bits per heavy atom. The number of unbranched alkanes of at least 4 members (excludes halogenated alkanes) is 3. The van der Waals surface area contributed by atoms with Gasteiger partial charge in [-0.05, 0) is 12.8 Å². The molecule has 0 amide bonds. The molecule has 1 nitrogen and oxygen atoms in total. The summed E-state index contributed by atoms with van der Waals surface area (Å²) in [4.78, 5) is 0. The van der Waals surface area contributed by atoms with Gasteiger partial charge >= 0.3 is 0 Å². The Morgan fingerprint density at radius 2 is 1.79 bits per heavy atom. The Balaban J connectivity index is 3.63. The van der Waals surface area contributed by atoms with Crippen LogP contribution in [0.15, 0.2) is 0 Å². The molecule has 0 saturated carbocycles. The van der Waals surface area contributed by atoms with Crippen LogP contribution in [0.25, 0.3) is 0 Å². The van der Waals surface area contributed by atoms with E-state index in [9.17, 15) is 5.11 Å². The van der Waals surface area contributed by atoms with Crippen LogP contribution in [-0.2, 0) is 0 Å². The molecule has 0 aromatic rings. The molecule has 0 spiro atoms. The highest BCUT2D eigenvalue weighted by molar-refractivity contribution is 6.83. The summed E-state index contributed by atoms with van der Waals surface area (Å²) in [6.45, 7) is 8.79. The van der Waals surface area contributed by atoms with Crippen LogP contribution in [0, 0.1) is 11.5 Å². The van der Waals surface area contributed by atoms with Gasteiger partial charge in [0.25, 0.3) is 0 Å². The van der Waals surface area contributed by atoms with E-state index in [4.69, 9.17) is 0 Å². The van der Waals surface area contributed by atoms with Gasteiger partial charge in [0, 0.05) is 0 Å². The van der Waals surface area contributed by atoms with E-state index in [1.807, 2.05) is 0 Å². The highest BCUT2D eigenvalue weighted by Crippen LogP contribution is 2.05. The Morgan fingerprint density at radius 1 is 1.14 bits per heavy atom. The highest BCUT2D eigenvalue weighted by atomic mass is 28.3. The molecule has 1 atom stereocenters. The average molecular weight is 212 g/mol. The third-order valence-corrected chi connectivity index (χ3v) is 2.84. The van der Waals surface area contributed by atoms with Gasteiger partial charge in [0.15, 0.2) is 0 Å². The van der Waals surface area contributed by atoms with E-state index in [0.29, 0.717) is 0 Å². The second-order valence-electron chi connectivity index (χ2n) is 4.88. The van der Waals surface area contributed by atoms with Gasteiger partial charge in [0.2, 0.25) is 0 Å². The van der Waals surface area contributed by atoms with Crippen LogP contribution in [0.5, 0.6) is 0 Å². The fraction of sp³-hybridized carbons (Fsp3) is 0.833. The lowest BCUT2D eigenvalue weighted by atomic mass is 10.1. The number of hydrogen-bond donors (Lipinski definition) is 1. The smallest absolute Gasteiger partial charge is 0.129 e. The first-order valence-corrected chi connectivity index (χ1v) is 9.16. The van der Waals surface area contributed by atoms with Crippen molar-refractivity contribution in [3.63, 3.8) is 0 Å². The zero-order valence-electron chi connectivity index (χ0n) is 10.1. The van der Waals surface area contributed by atoms with Gasteiger partial charge in [-0.25, -0.2) is 0 Å². The first-order chi connectivity index (χ1) is 6.45. The summed E-state index contributed by atoms with van der Waals surface area (Å²) in [6.07, 6.45) is 5.30. The van der Waals surface area contributed by atoms with E-state index in [2.05, 4.69) is 38.0 Å². The fourth-order valence-corrected chi connectivity index (χ4v) is 1.74. The minimum Gasteiger partial charge on any atom is -0.380 e. The van der Waals surface area contributed by atoms with E-state index in [-0.39, 0.29) is 0 Å². The van der Waals surface area contributed by atoms with Crippen molar-refractivity contribution < 1.29 is 5.11 Å². The molecular formula is C12H24OSi. The molecule has 0 bridgehead atoms. The molecule has 0 aliphatic carbocycles. The summed E-state index contributed by atoms with van der Waals surface area (Å²) in [5.41, 5.74) is 3.20. The lowest BCUT2D eigenvalue weighted by molar-refractivity contribution is 0.217. The number of rotatable bonds is 5. The maximum absolute atomic E-state index is 9.56. The molecule has 0 radical (unpaired) electrons. The van der Waals surface area contributed by atoms with Crippen molar-refractivity contribution in [1.82, 2.24) is 0 Å². The second kappa shape index (κ2) is 7.08. The van der Waals surface area contributed by atoms with Crippen molar-refractivity contribution in [3.05, 3.63) is 0 Å². The van der Waals surface area contributed by atoms with Crippen molar-refractivity contribution in [1.29, 1.82) is 0 Å². The molecule has 1 N–H and O–H groups in total. The first-order valence-electron chi connectivity index (χ1n) is 5.66. The van der Waals surface area contributed by atoms with E-state index in [0.717, 1.165) is 12.8 Å². The van der Waals surface area contributed by atoms with Crippen molar-refractivity contribution in [2.45, 2.75) is 64.8 Å². The third kappa shape index (κ3) is 9.82. The van der Waals surface area contributed by atoms with Gasteiger partial charge in [-0.3, -0.25) is 0 Å². The predicted octanol–water partition coefficient (Wildman–Crippen LogP) is 3.20. The summed E-state index contributed by atoms with van der Waals surface area (Å²) in [7, 11) is -1.30. The van der Waals surface area contributed by atoms with Gasteiger partial charge < -0.3 is 5.11 Å². The molecule has 0 aliphatic rings. The lowest BCUT2D eigenvalue weighted by Gasteiger charge is -2.06. The Bertz CT molecular complexity index is 195. The average Bonchev–Trinajstić information content (AvgIpc) is 2.08. The van der Waals surface area contributed by atoms with Crippen LogP contribution in [0.1, 0.15) is 39.0 Å². The summed E-state index contributed by atoms with van der Waals surface area (Å²) >= 11 is 0. The van der Waals surface area contributed by atoms with Crippen LogP contribution in [-0.4, -0.2) is 19.3 Å². The van der Waals surface area contributed by atoms with Crippen molar-refractivity contribution in [3.8, 4) is 11.5 Å². The number of aliphatic hydroxyl groups is 1. The molecule has 0 fully saturated rings. The Labute approximate surface area is 89.9 Å². The summed E-state index contributed by atoms with van der Waals surface area (Å²) in [5, 5.41) is 9.56. The maximum atomic E-state index is 9.56. The zero-order valence-corrected chi connectivity index (χ0v) is 11.1. The number of hydrogen-bond acceptors (Lipinski definition) is 1. The molecular weight excluding hydrogens is 188 g/mol. The lowest BCUT2D eigenvalue weighted by Crippen LogP contribution is -2.17. The number of aliphatic hydroxyl groups excluding tert-OH is 1. The predicted molar refractivity (Wildman–Crippen MR) is 65.9 cm³/mol. The normalized spacial score (nSPS) is 13.2. The molecule has 0 unspecified atom stereocenters. The van der Waals surface area contributed by atoms with Crippen molar-refractivity contribution >= 4 is 8.07 Å². The Kier molecular flexibility index (Phi) is 6.95. The fourth-order valence-electron chi connectivity index (χ4n) is 1.14. The minimum atomic E-state index is -1.30. The van der Waals surface area contributed by atoms with E-state index in [1.54, 1.807) is 0 Å². The largest absolute Gasteiger partial charge is 0.380 e. The molecule has 0 aromatic heterocycles. The molecule has 14 heavy (non-hydrogen) atoms. The van der Waals surface area contributed by atoms with Gasteiger partial charge in [-0.1, -0.05) is 51.7 Å². The molecule has 2 heteroatoms. The molecule has 0 aliphatic heterocycles. The summed E-state index contributed by atoms with van der Waals surface area (Å²) in [5.74, 6) is 2.97. The Hall–Kier alpha value is -0.263. The van der Waals surface area contributed by atoms with Crippen molar-refractivity contribution in [2.24, 2.45) is 0 Å². The van der Waals surface area contributed by atoms with Crippen LogP contribution in [0.2, 0.25) is 19.6 Å². The molecule has 0 saturated heterocycles. The first kappa shape index (κ1) is 13.7. The molecule has 0 heterocycles. The van der Waals surface area contributed by atoms with Crippen LogP contribution in [0.4, 0.5) is 0 Å². The van der Waals surface area contributed by atoms with Gasteiger partial charge in [-0.15, -0.1) is 5.54 Å². The van der Waals surface area contributed by atoms with E-state index >= 15 is 0 Å². The van der Waals surface area contributed by atoms with Gasteiger partial charge in [0.05, 0.1) is 0 Å². The molecule has 0 aromatic carbocycles. The monoisotopic (exact) mass is 212 g/mol. The topological polar surface area (TPSA) is 20.2 Å².